The molecule has 1 heterocycles. The quantitative estimate of drug-likeness (QED) is 0.495. The van der Waals surface area contributed by atoms with Gasteiger partial charge in [0.2, 0.25) is 5.96 Å². The van der Waals surface area contributed by atoms with Crippen LogP contribution in [0.5, 0.6) is 0 Å². The maximum absolute atomic E-state index is 7.64. The summed E-state index contributed by atoms with van der Waals surface area (Å²) in [5, 5.41) is 16.3. The standard InChI is InChI=1S/C14H16N6/c1-16-13(15)20-14(18-11-6-3-2-4-7-11)19-12-8-5-9-17-10-12/h2-10H,1H3,(H4,15,16,18,19,20). The van der Waals surface area contributed by atoms with Crippen LogP contribution in [0.25, 0.3) is 0 Å². The molecule has 1 aromatic carbocycles. The molecule has 6 nitrogen and oxygen atoms in total. The number of hydrogen-bond acceptors (Lipinski definition) is 3. The number of guanidine groups is 2. The Morgan fingerprint density at radius 2 is 1.95 bits per heavy atom. The number of nitrogens with zero attached hydrogens (tertiary/aromatic N) is 2. The van der Waals surface area contributed by atoms with E-state index in [1.165, 1.54) is 0 Å². The van der Waals surface area contributed by atoms with Gasteiger partial charge in [0.05, 0.1) is 11.9 Å². The maximum Gasteiger partial charge on any atom is 0.207 e. The van der Waals surface area contributed by atoms with Gasteiger partial charge in [-0.1, -0.05) is 18.2 Å². The SMILES string of the molecule is CNC(=N)NC(=Nc1cccnc1)Nc1ccccc1. The van der Waals surface area contributed by atoms with Gasteiger partial charge in [-0.2, -0.15) is 0 Å². The summed E-state index contributed by atoms with van der Waals surface area (Å²) in [5.74, 6) is 0.597. The van der Waals surface area contributed by atoms with Crippen molar-refractivity contribution in [3.63, 3.8) is 0 Å². The first kappa shape index (κ1) is 13.5. The second-order valence-corrected chi connectivity index (χ2v) is 3.91. The number of rotatable bonds is 2. The Bertz CT molecular complexity index is 579. The monoisotopic (exact) mass is 268 g/mol. The van der Waals surface area contributed by atoms with Crippen molar-refractivity contribution in [1.82, 2.24) is 15.6 Å². The molecule has 1 aromatic heterocycles. The molecule has 0 saturated carbocycles. The van der Waals surface area contributed by atoms with E-state index in [0.29, 0.717) is 11.6 Å². The highest BCUT2D eigenvalue weighted by Crippen LogP contribution is 2.10. The van der Waals surface area contributed by atoms with E-state index in [1.807, 2.05) is 42.5 Å². The van der Waals surface area contributed by atoms with Crippen LogP contribution in [0.3, 0.4) is 0 Å². The average molecular weight is 268 g/mol. The van der Waals surface area contributed by atoms with Crippen LogP contribution in [0.4, 0.5) is 11.4 Å². The molecular formula is C14H16N6. The normalized spacial score (nSPS) is 10.8. The van der Waals surface area contributed by atoms with E-state index in [0.717, 1.165) is 5.69 Å². The summed E-state index contributed by atoms with van der Waals surface area (Å²) in [4.78, 5) is 8.41. The fraction of sp³-hybridized carbons (Fsp3) is 0.0714. The number of hydrogen-bond donors (Lipinski definition) is 4. The van der Waals surface area contributed by atoms with E-state index < -0.39 is 0 Å². The van der Waals surface area contributed by atoms with Crippen molar-refractivity contribution in [3.8, 4) is 0 Å². The number of aromatic nitrogens is 1. The van der Waals surface area contributed by atoms with Gasteiger partial charge >= 0.3 is 0 Å². The molecule has 6 heteroatoms. The molecule has 0 aliphatic heterocycles. The Kier molecular flexibility index (Phi) is 4.66. The number of aliphatic imine (C=N–C) groups is 1. The smallest absolute Gasteiger partial charge is 0.207 e. The summed E-state index contributed by atoms with van der Waals surface area (Å²) in [6.45, 7) is 0. The van der Waals surface area contributed by atoms with E-state index in [2.05, 4.69) is 25.9 Å². The summed E-state index contributed by atoms with van der Waals surface area (Å²) in [5.41, 5.74) is 1.58. The number of nitrogens with one attached hydrogen (secondary N) is 4. The highest BCUT2D eigenvalue weighted by atomic mass is 15.2. The van der Waals surface area contributed by atoms with E-state index in [1.54, 1.807) is 19.4 Å². The van der Waals surface area contributed by atoms with Crippen LogP contribution in [-0.4, -0.2) is 24.0 Å². The lowest BCUT2D eigenvalue weighted by Gasteiger charge is -2.12. The van der Waals surface area contributed by atoms with Crippen molar-refractivity contribution in [2.24, 2.45) is 4.99 Å². The molecule has 2 aromatic rings. The molecule has 102 valence electrons. The van der Waals surface area contributed by atoms with Crippen LogP contribution in [-0.2, 0) is 0 Å². The number of pyridine rings is 1. The van der Waals surface area contributed by atoms with Gasteiger partial charge in [0.1, 0.15) is 0 Å². The first-order valence-corrected chi connectivity index (χ1v) is 6.12. The summed E-state index contributed by atoms with van der Waals surface area (Å²) in [6.07, 6.45) is 3.34. The molecule has 20 heavy (non-hydrogen) atoms. The first-order valence-electron chi connectivity index (χ1n) is 6.12. The topological polar surface area (TPSA) is 85.2 Å². The molecule has 0 aliphatic carbocycles. The third-order valence-electron chi connectivity index (χ3n) is 2.42. The summed E-state index contributed by atoms with van der Waals surface area (Å²) < 4.78 is 0. The zero-order valence-corrected chi connectivity index (χ0v) is 11.1. The molecule has 0 unspecified atom stereocenters. The van der Waals surface area contributed by atoms with Gasteiger partial charge in [0, 0.05) is 18.9 Å². The molecule has 0 atom stereocenters. The summed E-state index contributed by atoms with van der Waals surface area (Å²) in [7, 11) is 1.67. The third kappa shape index (κ3) is 4.09. The van der Waals surface area contributed by atoms with Crippen LogP contribution < -0.4 is 16.0 Å². The maximum atomic E-state index is 7.64. The lowest BCUT2D eigenvalue weighted by molar-refractivity contribution is 1.06. The van der Waals surface area contributed by atoms with Gasteiger partial charge in [0.15, 0.2) is 5.96 Å². The highest BCUT2D eigenvalue weighted by Gasteiger charge is 2.02. The Hall–Kier alpha value is -2.89. The zero-order valence-electron chi connectivity index (χ0n) is 11.1. The fourth-order valence-corrected chi connectivity index (χ4v) is 1.48. The van der Waals surface area contributed by atoms with Crippen LogP contribution in [0, 0.1) is 5.41 Å². The average Bonchev–Trinajstić information content (AvgIpc) is 2.49. The van der Waals surface area contributed by atoms with E-state index >= 15 is 0 Å². The predicted molar refractivity (Wildman–Crippen MR) is 81.3 cm³/mol. The molecule has 0 fully saturated rings. The third-order valence-corrected chi connectivity index (χ3v) is 2.42. The van der Waals surface area contributed by atoms with Gasteiger partial charge in [0.25, 0.3) is 0 Å². The van der Waals surface area contributed by atoms with Crippen molar-refractivity contribution in [3.05, 3.63) is 54.9 Å². The number of anilines is 1. The first-order chi connectivity index (χ1) is 9.78. The Balaban J connectivity index is 2.20. The minimum Gasteiger partial charge on any atom is -0.359 e. The van der Waals surface area contributed by atoms with Crippen molar-refractivity contribution >= 4 is 23.3 Å². The van der Waals surface area contributed by atoms with Gasteiger partial charge < -0.3 is 10.6 Å². The number of para-hydroxylation sites is 1. The molecule has 0 bridgehead atoms. The molecule has 2 rings (SSSR count). The molecule has 0 amide bonds. The molecular weight excluding hydrogens is 252 g/mol. The predicted octanol–water partition coefficient (Wildman–Crippen LogP) is 1.92. The minimum absolute atomic E-state index is 0.149. The Morgan fingerprint density at radius 3 is 2.60 bits per heavy atom. The molecule has 0 aliphatic rings. The lowest BCUT2D eigenvalue weighted by Crippen LogP contribution is -2.41. The highest BCUT2D eigenvalue weighted by molar-refractivity contribution is 6.05. The molecule has 0 saturated heterocycles. The number of benzene rings is 1. The van der Waals surface area contributed by atoms with Crippen LogP contribution in [0.1, 0.15) is 0 Å². The van der Waals surface area contributed by atoms with Gasteiger partial charge in [-0.15, -0.1) is 0 Å². The summed E-state index contributed by atoms with van der Waals surface area (Å²) >= 11 is 0. The Labute approximate surface area is 117 Å². The molecule has 0 spiro atoms. The molecule has 4 N–H and O–H groups in total. The van der Waals surface area contributed by atoms with Crippen LogP contribution in [0.15, 0.2) is 59.9 Å². The summed E-state index contributed by atoms with van der Waals surface area (Å²) in [6, 6.07) is 13.3. The van der Waals surface area contributed by atoms with Crippen molar-refractivity contribution < 1.29 is 0 Å². The van der Waals surface area contributed by atoms with Gasteiger partial charge in [-0.3, -0.25) is 15.7 Å². The largest absolute Gasteiger partial charge is 0.359 e. The van der Waals surface area contributed by atoms with Crippen LogP contribution >= 0.6 is 0 Å². The van der Waals surface area contributed by atoms with E-state index in [4.69, 9.17) is 5.41 Å². The molecule has 0 radical (unpaired) electrons. The van der Waals surface area contributed by atoms with Gasteiger partial charge in [-0.05, 0) is 24.3 Å². The van der Waals surface area contributed by atoms with E-state index in [9.17, 15) is 0 Å². The van der Waals surface area contributed by atoms with Crippen molar-refractivity contribution in [1.29, 1.82) is 5.41 Å². The fourth-order valence-electron chi connectivity index (χ4n) is 1.48. The Morgan fingerprint density at radius 1 is 1.15 bits per heavy atom. The second kappa shape index (κ2) is 6.89. The second-order valence-electron chi connectivity index (χ2n) is 3.91. The van der Waals surface area contributed by atoms with E-state index in [-0.39, 0.29) is 5.96 Å². The minimum atomic E-state index is 0.149. The van der Waals surface area contributed by atoms with Crippen molar-refractivity contribution in [2.75, 3.05) is 12.4 Å². The van der Waals surface area contributed by atoms with Gasteiger partial charge in [-0.25, -0.2) is 4.99 Å². The van der Waals surface area contributed by atoms with Crippen molar-refractivity contribution in [2.45, 2.75) is 0 Å². The van der Waals surface area contributed by atoms with Crippen LogP contribution in [0.2, 0.25) is 0 Å². The zero-order chi connectivity index (χ0) is 14.2. The lowest BCUT2D eigenvalue weighted by atomic mass is 10.3.